The molecule has 2 heterocycles. The van der Waals surface area contributed by atoms with Crippen LogP contribution in [0.1, 0.15) is 55.2 Å². The zero-order chi connectivity index (χ0) is 16.3. The number of nitrogens with two attached hydrogens (primary N) is 1. The van der Waals surface area contributed by atoms with Gasteiger partial charge in [-0.1, -0.05) is 19.0 Å². The summed E-state index contributed by atoms with van der Waals surface area (Å²) in [5.74, 6) is 2.10. The highest BCUT2D eigenvalue weighted by Crippen LogP contribution is 2.42. The lowest BCUT2D eigenvalue weighted by Gasteiger charge is -2.09. The van der Waals surface area contributed by atoms with E-state index in [1.54, 1.807) is 7.05 Å². The fourth-order valence-corrected chi connectivity index (χ4v) is 2.26. The van der Waals surface area contributed by atoms with Crippen LogP contribution in [-0.2, 0) is 0 Å². The molecule has 0 radical (unpaired) electrons. The third-order valence-corrected chi connectivity index (χ3v) is 3.51. The van der Waals surface area contributed by atoms with Crippen LogP contribution in [0.15, 0.2) is 10.9 Å². The average molecular weight is 302 g/mol. The van der Waals surface area contributed by atoms with Crippen LogP contribution < -0.4 is 11.1 Å². The fraction of sp³-hybridized carbons (Fsp3) is 0.467. The Morgan fingerprint density at radius 1 is 1.36 bits per heavy atom. The Kier molecular flexibility index (Phi) is 4.75. The molecule has 1 fully saturated rings. The van der Waals surface area contributed by atoms with Gasteiger partial charge in [-0.25, -0.2) is 9.97 Å². The normalized spacial score (nSPS) is 13.3. The Bertz CT molecular complexity index is 675. The van der Waals surface area contributed by atoms with E-state index in [1.165, 1.54) is 6.33 Å². The molecule has 0 bridgehead atoms. The molecule has 2 aromatic rings. The van der Waals surface area contributed by atoms with E-state index < -0.39 is 0 Å². The molecule has 3 rings (SSSR count). The summed E-state index contributed by atoms with van der Waals surface area (Å²) in [5, 5.41) is 15.3. The minimum Gasteiger partial charge on any atom is -0.383 e. The molecule has 0 unspecified atom stereocenters. The number of nitrogens with one attached hydrogen (secondary N) is 2. The largest absolute Gasteiger partial charge is 0.383 e. The Labute approximate surface area is 129 Å². The van der Waals surface area contributed by atoms with Gasteiger partial charge in [-0.05, 0) is 19.8 Å². The summed E-state index contributed by atoms with van der Waals surface area (Å²) in [6.07, 6.45) is 3.62. The van der Waals surface area contributed by atoms with Crippen LogP contribution >= 0.6 is 0 Å². The molecule has 22 heavy (non-hydrogen) atoms. The second-order valence-electron chi connectivity index (χ2n) is 4.90. The van der Waals surface area contributed by atoms with Gasteiger partial charge in [-0.15, -0.1) is 0 Å². The highest BCUT2D eigenvalue weighted by atomic mass is 16.5. The standard InChI is InChI=1S/C13H16N6O.C2H6/c1-6-10(19-20-11(6)7-3-4-7)9(14)8-12(15)17-5-18-13(8)16-2;1-2/h5,7,14H,3-4H2,1-2H3,(H3,15,16,17,18);1-2H3. The minimum atomic E-state index is 0.181. The van der Waals surface area contributed by atoms with Gasteiger partial charge in [-0.3, -0.25) is 5.41 Å². The summed E-state index contributed by atoms with van der Waals surface area (Å²) in [7, 11) is 1.73. The Hall–Kier alpha value is -2.44. The summed E-state index contributed by atoms with van der Waals surface area (Å²) in [4.78, 5) is 8.03. The monoisotopic (exact) mass is 302 g/mol. The first-order valence-corrected chi connectivity index (χ1v) is 7.47. The third kappa shape index (κ3) is 2.79. The lowest BCUT2D eigenvalue weighted by atomic mass is 10.0. The van der Waals surface area contributed by atoms with Gasteiger partial charge in [0.25, 0.3) is 0 Å². The third-order valence-electron chi connectivity index (χ3n) is 3.51. The van der Waals surface area contributed by atoms with Crippen molar-refractivity contribution in [3.05, 3.63) is 28.9 Å². The van der Waals surface area contributed by atoms with Crippen LogP contribution in [0.2, 0.25) is 0 Å². The second-order valence-corrected chi connectivity index (χ2v) is 4.90. The van der Waals surface area contributed by atoms with Crippen molar-refractivity contribution in [2.75, 3.05) is 18.1 Å². The van der Waals surface area contributed by atoms with Crippen molar-refractivity contribution in [3.8, 4) is 0 Å². The van der Waals surface area contributed by atoms with E-state index in [0.29, 0.717) is 23.0 Å². The Morgan fingerprint density at radius 2 is 2.05 bits per heavy atom. The van der Waals surface area contributed by atoms with E-state index >= 15 is 0 Å². The molecule has 1 aliphatic rings. The Balaban J connectivity index is 0.000000847. The Morgan fingerprint density at radius 3 is 2.64 bits per heavy atom. The van der Waals surface area contributed by atoms with E-state index in [0.717, 1.165) is 24.2 Å². The lowest BCUT2D eigenvalue weighted by molar-refractivity contribution is 0.382. The quantitative estimate of drug-likeness (QED) is 0.748. The summed E-state index contributed by atoms with van der Waals surface area (Å²) < 4.78 is 5.38. The number of hydrogen-bond acceptors (Lipinski definition) is 7. The van der Waals surface area contributed by atoms with Crippen LogP contribution in [0.4, 0.5) is 11.6 Å². The maximum absolute atomic E-state index is 8.35. The van der Waals surface area contributed by atoms with Crippen LogP contribution in [0.5, 0.6) is 0 Å². The molecule has 7 nitrogen and oxygen atoms in total. The zero-order valence-corrected chi connectivity index (χ0v) is 13.4. The maximum atomic E-state index is 8.35. The van der Waals surface area contributed by atoms with Gasteiger partial charge in [0.15, 0.2) is 0 Å². The summed E-state index contributed by atoms with van der Waals surface area (Å²) in [6, 6.07) is 0. The predicted octanol–water partition coefficient (Wildman–Crippen LogP) is 2.72. The molecule has 4 N–H and O–H groups in total. The van der Waals surface area contributed by atoms with Crippen molar-refractivity contribution in [2.24, 2.45) is 0 Å². The van der Waals surface area contributed by atoms with E-state index in [-0.39, 0.29) is 11.5 Å². The molecule has 1 aliphatic carbocycles. The molecule has 0 amide bonds. The second kappa shape index (κ2) is 6.55. The maximum Gasteiger partial charge on any atom is 0.143 e. The molecule has 0 aromatic carbocycles. The summed E-state index contributed by atoms with van der Waals surface area (Å²) in [5.41, 5.74) is 7.92. The molecule has 1 saturated carbocycles. The van der Waals surface area contributed by atoms with Gasteiger partial charge in [-0.2, -0.15) is 0 Å². The van der Waals surface area contributed by atoms with E-state index in [9.17, 15) is 0 Å². The SMILES string of the molecule is CC.CNc1ncnc(N)c1C(=N)c1noc(C2CC2)c1C. The van der Waals surface area contributed by atoms with Crippen LogP contribution in [-0.4, -0.2) is 27.9 Å². The number of aromatic nitrogens is 3. The van der Waals surface area contributed by atoms with Gasteiger partial charge < -0.3 is 15.6 Å². The molecule has 118 valence electrons. The first-order valence-electron chi connectivity index (χ1n) is 7.47. The van der Waals surface area contributed by atoms with Crippen molar-refractivity contribution >= 4 is 17.3 Å². The van der Waals surface area contributed by atoms with Gasteiger partial charge in [0.05, 0.1) is 11.3 Å². The van der Waals surface area contributed by atoms with Crippen molar-refractivity contribution in [1.29, 1.82) is 5.41 Å². The molecule has 0 saturated heterocycles. The lowest BCUT2D eigenvalue weighted by Crippen LogP contribution is -2.13. The van der Waals surface area contributed by atoms with Crippen LogP contribution in [0.25, 0.3) is 0 Å². The van der Waals surface area contributed by atoms with Crippen LogP contribution in [0.3, 0.4) is 0 Å². The molecule has 0 atom stereocenters. The number of anilines is 2. The highest BCUT2D eigenvalue weighted by molar-refractivity contribution is 6.15. The number of hydrogen-bond donors (Lipinski definition) is 3. The number of nitrogen functional groups attached to an aromatic ring is 1. The summed E-state index contributed by atoms with van der Waals surface area (Å²) in [6.45, 7) is 5.92. The van der Waals surface area contributed by atoms with Gasteiger partial charge in [0, 0.05) is 18.5 Å². The molecule has 0 aliphatic heterocycles. The summed E-state index contributed by atoms with van der Waals surface area (Å²) >= 11 is 0. The first kappa shape index (κ1) is 15.9. The first-order chi connectivity index (χ1) is 10.6. The van der Waals surface area contributed by atoms with Gasteiger partial charge in [0.1, 0.15) is 29.4 Å². The zero-order valence-electron chi connectivity index (χ0n) is 13.4. The van der Waals surface area contributed by atoms with Crippen molar-refractivity contribution in [3.63, 3.8) is 0 Å². The van der Waals surface area contributed by atoms with Crippen molar-refractivity contribution in [1.82, 2.24) is 15.1 Å². The number of rotatable bonds is 4. The molecule has 7 heteroatoms. The molecule has 0 spiro atoms. The van der Waals surface area contributed by atoms with E-state index in [4.69, 9.17) is 15.7 Å². The van der Waals surface area contributed by atoms with E-state index in [2.05, 4.69) is 20.4 Å². The molecule has 2 aromatic heterocycles. The van der Waals surface area contributed by atoms with Gasteiger partial charge in [0.2, 0.25) is 0 Å². The van der Waals surface area contributed by atoms with Crippen molar-refractivity contribution < 1.29 is 4.52 Å². The molecular formula is C15H22N6O. The number of nitrogens with zero attached hydrogens (tertiary/aromatic N) is 3. The molecular weight excluding hydrogens is 280 g/mol. The highest BCUT2D eigenvalue weighted by Gasteiger charge is 2.32. The average Bonchev–Trinajstić information content (AvgIpc) is 3.31. The predicted molar refractivity (Wildman–Crippen MR) is 86.5 cm³/mol. The van der Waals surface area contributed by atoms with Gasteiger partial charge >= 0.3 is 0 Å². The minimum absolute atomic E-state index is 0.181. The topological polar surface area (TPSA) is 114 Å². The van der Waals surface area contributed by atoms with E-state index in [1.807, 2.05) is 20.8 Å². The smallest absolute Gasteiger partial charge is 0.143 e. The van der Waals surface area contributed by atoms with Crippen LogP contribution in [0, 0.1) is 12.3 Å². The fourth-order valence-electron chi connectivity index (χ4n) is 2.26. The van der Waals surface area contributed by atoms with Crippen molar-refractivity contribution in [2.45, 2.75) is 39.5 Å².